The highest BCUT2D eigenvalue weighted by Crippen LogP contribution is 2.34. The molecule has 0 aliphatic rings. The van der Waals surface area contributed by atoms with E-state index >= 15 is 0 Å². The third kappa shape index (κ3) is 3.07. The Morgan fingerprint density at radius 2 is 1.86 bits per heavy atom. The SMILES string of the molecule is Nc1cc([N+](=O)[O-])cc(-c2ccc(F)c(C(F)(F)F)c2)n1. The lowest BCUT2D eigenvalue weighted by Crippen LogP contribution is -2.08. The van der Waals surface area contributed by atoms with Crippen LogP contribution < -0.4 is 5.73 Å². The quantitative estimate of drug-likeness (QED) is 0.523. The van der Waals surface area contributed by atoms with E-state index in [4.69, 9.17) is 5.73 Å². The van der Waals surface area contributed by atoms with Crippen molar-refractivity contribution in [2.24, 2.45) is 0 Å². The molecule has 0 saturated carbocycles. The van der Waals surface area contributed by atoms with E-state index in [1.54, 1.807) is 0 Å². The monoisotopic (exact) mass is 301 g/mol. The largest absolute Gasteiger partial charge is 0.419 e. The summed E-state index contributed by atoms with van der Waals surface area (Å²) in [6.07, 6.45) is -4.88. The van der Waals surface area contributed by atoms with Crippen LogP contribution in [0.1, 0.15) is 5.56 Å². The lowest BCUT2D eigenvalue weighted by atomic mass is 10.1. The topological polar surface area (TPSA) is 82.0 Å². The molecule has 0 spiro atoms. The zero-order chi connectivity index (χ0) is 15.8. The van der Waals surface area contributed by atoms with Crippen LogP contribution >= 0.6 is 0 Å². The molecule has 2 aromatic rings. The summed E-state index contributed by atoms with van der Waals surface area (Å²) >= 11 is 0. The number of hydrogen-bond donors (Lipinski definition) is 1. The first-order chi connectivity index (χ1) is 9.68. The van der Waals surface area contributed by atoms with Gasteiger partial charge in [0.05, 0.1) is 22.2 Å². The van der Waals surface area contributed by atoms with Gasteiger partial charge < -0.3 is 5.73 Å². The zero-order valence-electron chi connectivity index (χ0n) is 10.2. The van der Waals surface area contributed by atoms with Crippen molar-refractivity contribution in [3.63, 3.8) is 0 Å². The van der Waals surface area contributed by atoms with Crippen LogP contribution in [-0.2, 0) is 6.18 Å². The lowest BCUT2D eigenvalue weighted by molar-refractivity contribution is -0.384. The molecule has 1 aromatic heterocycles. The van der Waals surface area contributed by atoms with Crippen LogP contribution in [-0.4, -0.2) is 9.91 Å². The van der Waals surface area contributed by atoms with Crippen molar-refractivity contribution in [3.05, 3.63) is 51.8 Å². The molecule has 1 aromatic carbocycles. The molecule has 0 aliphatic heterocycles. The maximum atomic E-state index is 13.2. The van der Waals surface area contributed by atoms with Gasteiger partial charge in [-0.1, -0.05) is 0 Å². The molecular weight excluding hydrogens is 294 g/mol. The molecular formula is C12H7F4N3O2. The Labute approximate surface area is 115 Å². The number of benzene rings is 1. The highest BCUT2D eigenvalue weighted by molar-refractivity contribution is 5.65. The summed E-state index contributed by atoms with van der Waals surface area (Å²) < 4.78 is 51.1. The summed E-state index contributed by atoms with van der Waals surface area (Å²) in [5.41, 5.74) is 3.20. The number of nitro groups is 1. The number of aromatic nitrogens is 1. The van der Waals surface area contributed by atoms with Gasteiger partial charge in [0.15, 0.2) is 0 Å². The molecule has 2 N–H and O–H groups in total. The van der Waals surface area contributed by atoms with Gasteiger partial charge in [-0.2, -0.15) is 13.2 Å². The van der Waals surface area contributed by atoms with Crippen LogP contribution in [0.3, 0.4) is 0 Å². The van der Waals surface area contributed by atoms with Crippen LogP contribution in [0, 0.1) is 15.9 Å². The third-order valence-electron chi connectivity index (χ3n) is 2.61. The molecule has 0 amide bonds. The molecule has 0 atom stereocenters. The molecule has 0 fully saturated rings. The summed E-state index contributed by atoms with van der Waals surface area (Å²) in [6.45, 7) is 0. The minimum Gasteiger partial charge on any atom is -0.383 e. The number of hydrogen-bond acceptors (Lipinski definition) is 4. The van der Waals surface area contributed by atoms with Crippen molar-refractivity contribution in [1.29, 1.82) is 0 Å². The average Bonchev–Trinajstić information content (AvgIpc) is 2.37. The van der Waals surface area contributed by atoms with E-state index in [2.05, 4.69) is 4.98 Å². The first-order valence-corrected chi connectivity index (χ1v) is 5.47. The maximum Gasteiger partial charge on any atom is 0.419 e. The Hall–Kier alpha value is -2.71. The second kappa shape index (κ2) is 5.00. The fourth-order valence-corrected chi connectivity index (χ4v) is 1.69. The van der Waals surface area contributed by atoms with Crippen LogP contribution in [0.15, 0.2) is 30.3 Å². The van der Waals surface area contributed by atoms with Gasteiger partial charge in [0.2, 0.25) is 0 Å². The highest BCUT2D eigenvalue weighted by atomic mass is 19.4. The smallest absolute Gasteiger partial charge is 0.383 e. The third-order valence-corrected chi connectivity index (χ3v) is 2.61. The second-order valence-corrected chi connectivity index (χ2v) is 4.08. The molecule has 0 radical (unpaired) electrons. The summed E-state index contributed by atoms with van der Waals surface area (Å²) in [5, 5.41) is 10.7. The number of nitrogen functional groups attached to an aromatic ring is 1. The Kier molecular flexibility index (Phi) is 3.50. The highest BCUT2D eigenvalue weighted by Gasteiger charge is 2.34. The molecule has 5 nitrogen and oxygen atoms in total. The van der Waals surface area contributed by atoms with Gasteiger partial charge in [-0.15, -0.1) is 0 Å². The number of anilines is 1. The number of nitrogens with two attached hydrogens (primary N) is 1. The molecule has 21 heavy (non-hydrogen) atoms. The van der Waals surface area contributed by atoms with Crippen molar-refractivity contribution in [2.45, 2.75) is 6.18 Å². The van der Waals surface area contributed by atoms with Crippen molar-refractivity contribution in [1.82, 2.24) is 4.98 Å². The predicted molar refractivity (Wildman–Crippen MR) is 65.7 cm³/mol. The number of alkyl halides is 3. The standard InChI is InChI=1S/C12H7F4N3O2/c13-9-2-1-6(3-8(9)12(14,15)16)10-4-7(19(20)21)5-11(17)18-10/h1-5H,(H2,17,18). The van der Waals surface area contributed by atoms with Gasteiger partial charge >= 0.3 is 6.18 Å². The number of halogens is 4. The summed E-state index contributed by atoms with van der Waals surface area (Å²) in [6, 6.07) is 4.12. The van der Waals surface area contributed by atoms with Crippen molar-refractivity contribution >= 4 is 11.5 Å². The molecule has 9 heteroatoms. The number of nitrogens with zero attached hydrogens (tertiary/aromatic N) is 2. The molecule has 0 bridgehead atoms. The summed E-state index contributed by atoms with van der Waals surface area (Å²) in [4.78, 5) is 13.7. The Balaban J connectivity index is 2.60. The van der Waals surface area contributed by atoms with E-state index in [1.807, 2.05) is 0 Å². The molecule has 0 aliphatic carbocycles. The lowest BCUT2D eigenvalue weighted by Gasteiger charge is -2.10. The van der Waals surface area contributed by atoms with Crippen molar-refractivity contribution in [2.75, 3.05) is 5.73 Å². The van der Waals surface area contributed by atoms with Gasteiger partial charge in [-0.3, -0.25) is 10.1 Å². The minimum absolute atomic E-state index is 0.126. The molecule has 2 rings (SSSR count). The van der Waals surface area contributed by atoms with Crippen molar-refractivity contribution < 1.29 is 22.5 Å². The van der Waals surface area contributed by atoms with Gasteiger partial charge in [0.1, 0.15) is 11.6 Å². The van der Waals surface area contributed by atoms with Crippen LogP contribution in [0.2, 0.25) is 0 Å². The maximum absolute atomic E-state index is 13.2. The van der Waals surface area contributed by atoms with Gasteiger partial charge in [0, 0.05) is 11.6 Å². The van der Waals surface area contributed by atoms with E-state index < -0.39 is 28.2 Å². The zero-order valence-corrected chi connectivity index (χ0v) is 10.2. The predicted octanol–water partition coefficient (Wildman–Crippen LogP) is 3.40. The van der Waals surface area contributed by atoms with Crippen LogP contribution in [0.4, 0.5) is 29.1 Å². The normalized spacial score (nSPS) is 11.4. The fourth-order valence-electron chi connectivity index (χ4n) is 1.69. The molecule has 110 valence electrons. The van der Waals surface area contributed by atoms with E-state index in [0.717, 1.165) is 18.2 Å². The molecule has 0 unspecified atom stereocenters. The molecule has 1 heterocycles. The number of rotatable bonds is 2. The van der Waals surface area contributed by atoms with Gasteiger partial charge in [0.25, 0.3) is 5.69 Å². The van der Waals surface area contributed by atoms with E-state index in [0.29, 0.717) is 12.1 Å². The van der Waals surface area contributed by atoms with E-state index in [9.17, 15) is 27.7 Å². The second-order valence-electron chi connectivity index (χ2n) is 4.08. The fraction of sp³-hybridized carbons (Fsp3) is 0.0833. The van der Waals surface area contributed by atoms with Crippen molar-refractivity contribution in [3.8, 4) is 11.3 Å². The van der Waals surface area contributed by atoms with Crippen LogP contribution in [0.5, 0.6) is 0 Å². The number of pyridine rings is 1. The van der Waals surface area contributed by atoms with Gasteiger partial charge in [-0.25, -0.2) is 9.37 Å². The van der Waals surface area contributed by atoms with E-state index in [-0.39, 0.29) is 17.1 Å². The summed E-state index contributed by atoms with van der Waals surface area (Å²) in [7, 11) is 0. The van der Waals surface area contributed by atoms with Crippen LogP contribution in [0.25, 0.3) is 11.3 Å². The Morgan fingerprint density at radius 3 is 2.43 bits per heavy atom. The van der Waals surface area contributed by atoms with Gasteiger partial charge in [-0.05, 0) is 18.2 Å². The summed E-state index contributed by atoms with van der Waals surface area (Å²) in [5.74, 6) is -1.67. The first-order valence-electron chi connectivity index (χ1n) is 5.47. The first kappa shape index (κ1) is 14.7. The minimum atomic E-state index is -4.88. The average molecular weight is 301 g/mol. The Bertz CT molecular complexity index is 716. The molecule has 0 saturated heterocycles. The Morgan fingerprint density at radius 1 is 1.19 bits per heavy atom. The van der Waals surface area contributed by atoms with E-state index in [1.165, 1.54) is 0 Å².